The summed E-state index contributed by atoms with van der Waals surface area (Å²) in [5.41, 5.74) is 7.12. The second kappa shape index (κ2) is 5.55. The molecule has 0 aliphatic heterocycles. The van der Waals surface area contributed by atoms with Crippen LogP contribution in [-0.4, -0.2) is 18.3 Å². The monoisotopic (exact) mass is 333 g/mol. The summed E-state index contributed by atoms with van der Waals surface area (Å²) in [5, 5.41) is 1.11. The van der Waals surface area contributed by atoms with Crippen molar-refractivity contribution in [2.45, 2.75) is 30.3 Å². The van der Waals surface area contributed by atoms with E-state index in [4.69, 9.17) is 17.3 Å². The molecule has 1 aromatic rings. The minimum atomic E-state index is -1.55. The average Bonchev–Trinajstić information content (AvgIpc) is 2.14. The minimum absolute atomic E-state index is 0.124. The van der Waals surface area contributed by atoms with Gasteiger partial charge in [-0.2, -0.15) is 0 Å². The van der Waals surface area contributed by atoms with Crippen LogP contribution >= 0.6 is 27.5 Å². The lowest BCUT2D eigenvalue weighted by molar-refractivity contribution is 0.100. The molecule has 1 unspecified atom stereocenters. The number of amides is 1. The van der Waals surface area contributed by atoms with Gasteiger partial charge in [0, 0.05) is 5.56 Å². The summed E-state index contributed by atoms with van der Waals surface area (Å²) in [4.78, 5) is 11.5. The van der Waals surface area contributed by atoms with Crippen LogP contribution in [0.5, 0.6) is 0 Å². The van der Waals surface area contributed by atoms with Gasteiger partial charge in [0.05, 0.1) is 12.4 Å². The highest BCUT2D eigenvalue weighted by Gasteiger charge is 2.22. The van der Waals surface area contributed by atoms with Crippen molar-refractivity contribution in [1.29, 1.82) is 0 Å². The number of carbonyl (C=O) groups excluding carboxylic acids is 1. The van der Waals surface area contributed by atoms with Crippen LogP contribution < -0.4 is 10.9 Å². The summed E-state index contributed by atoms with van der Waals surface area (Å²) in [6.45, 7) is 6.59. The van der Waals surface area contributed by atoms with Crippen LogP contribution in [0.3, 0.4) is 0 Å². The molecule has 0 aliphatic rings. The molecule has 17 heavy (non-hydrogen) atoms. The van der Waals surface area contributed by atoms with E-state index in [1.807, 2.05) is 18.2 Å². The number of hydrogen-bond acceptors (Lipinski definition) is 1. The average molecular weight is 335 g/mol. The first-order valence-electron chi connectivity index (χ1n) is 5.43. The van der Waals surface area contributed by atoms with Crippen LogP contribution in [0, 0.1) is 0 Å². The van der Waals surface area contributed by atoms with Crippen LogP contribution in [0.1, 0.15) is 15.9 Å². The van der Waals surface area contributed by atoms with Gasteiger partial charge in [-0.15, -0.1) is 11.6 Å². The standard InChI is InChI=1S/C12H17BrClNOSi/c1-17(2,3)10-5-4-8(7-11(13)14)6-9(10)12(15)16/h4-6,11H,7H2,1-3H3,(H2,15,16). The van der Waals surface area contributed by atoms with Crippen molar-refractivity contribution in [3.63, 3.8) is 0 Å². The smallest absolute Gasteiger partial charge is 0.248 e. The van der Waals surface area contributed by atoms with Crippen LogP contribution in [0.25, 0.3) is 0 Å². The summed E-state index contributed by atoms with van der Waals surface area (Å²) < 4.78 is -0.124. The third-order valence-electron chi connectivity index (χ3n) is 2.55. The van der Waals surface area contributed by atoms with Gasteiger partial charge in [-0.25, -0.2) is 0 Å². The van der Waals surface area contributed by atoms with Crippen LogP contribution in [0.2, 0.25) is 19.6 Å². The molecule has 0 saturated carbocycles. The van der Waals surface area contributed by atoms with Gasteiger partial charge in [0.1, 0.15) is 0 Å². The maximum absolute atomic E-state index is 11.5. The molecule has 2 N–H and O–H groups in total. The van der Waals surface area contributed by atoms with Crippen molar-refractivity contribution in [3.05, 3.63) is 29.3 Å². The molecule has 94 valence electrons. The minimum Gasteiger partial charge on any atom is -0.366 e. The van der Waals surface area contributed by atoms with E-state index < -0.39 is 8.07 Å². The Bertz CT molecular complexity index is 429. The van der Waals surface area contributed by atoms with E-state index in [0.29, 0.717) is 12.0 Å². The van der Waals surface area contributed by atoms with Gasteiger partial charge in [-0.05, 0) is 23.2 Å². The van der Waals surface area contributed by atoms with Crippen LogP contribution in [0.15, 0.2) is 18.2 Å². The van der Waals surface area contributed by atoms with Gasteiger partial charge < -0.3 is 5.73 Å². The summed E-state index contributed by atoms with van der Waals surface area (Å²) in [5.74, 6) is -0.357. The molecule has 1 rings (SSSR count). The van der Waals surface area contributed by atoms with Gasteiger partial charge in [0.2, 0.25) is 5.91 Å². The fraction of sp³-hybridized carbons (Fsp3) is 0.417. The molecule has 0 fully saturated rings. The predicted molar refractivity (Wildman–Crippen MR) is 80.2 cm³/mol. The van der Waals surface area contributed by atoms with E-state index >= 15 is 0 Å². The zero-order chi connectivity index (χ0) is 13.2. The molecule has 0 radical (unpaired) electrons. The summed E-state index contributed by atoms with van der Waals surface area (Å²) >= 11 is 9.17. The van der Waals surface area contributed by atoms with Crippen molar-refractivity contribution >= 4 is 46.7 Å². The lowest BCUT2D eigenvalue weighted by Crippen LogP contribution is -2.42. The molecule has 5 heteroatoms. The first kappa shape index (κ1) is 14.7. The Hall–Kier alpha value is -0.323. The van der Waals surface area contributed by atoms with Crippen LogP contribution in [-0.2, 0) is 6.42 Å². The highest BCUT2D eigenvalue weighted by atomic mass is 79.9. The topological polar surface area (TPSA) is 43.1 Å². The Morgan fingerprint density at radius 3 is 2.47 bits per heavy atom. The first-order chi connectivity index (χ1) is 7.71. The second-order valence-electron chi connectivity index (χ2n) is 5.09. The van der Waals surface area contributed by atoms with E-state index in [-0.39, 0.29) is 10.2 Å². The molecule has 0 bridgehead atoms. The van der Waals surface area contributed by atoms with Gasteiger partial charge in [-0.1, -0.05) is 47.7 Å². The van der Waals surface area contributed by atoms with E-state index in [1.54, 1.807) is 0 Å². The lowest BCUT2D eigenvalue weighted by atomic mass is 10.1. The Balaban J connectivity index is 3.23. The summed E-state index contributed by atoms with van der Waals surface area (Å²) in [6.07, 6.45) is 0.674. The van der Waals surface area contributed by atoms with Crippen molar-refractivity contribution in [3.8, 4) is 0 Å². The maximum Gasteiger partial charge on any atom is 0.248 e. The zero-order valence-corrected chi connectivity index (χ0v) is 13.6. The Morgan fingerprint density at radius 1 is 1.47 bits per heavy atom. The van der Waals surface area contributed by atoms with Crippen molar-refractivity contribution < 1.29 is 4.79 Å². The number of benzene rings is 1. The molecule has 0 saturated heterocycles. The van der Waals surface area contributed by atoms with E-state index in [9.17, 15) is 4.79 Å². The van der Waals surface area contributed by atoms with E-state index in [2.05, 4.69) is 35.6 Å². The fourth-order valence-corrected chi connectivity index (χ4v) is 3.89. The van der Waals surface area contributed by atoms with Crippen LogP contribution in [0.4, 0.5) is 0 Å². The van der Waals surface area contributed by atoms with E-state index in [0.717, 1.165) is 10.8 Å². The molecule has 2 nitrogen and oxygen atoms in total. The largest absolute Gasteiger partial charge is 0.366 e. The molecule has 0 heterocycles. The molecule has 1 amide bonds. The third kappa shape index (κ3) is 4.12. The number of hydrogen-bond donors (Lipinski definition) is 1. The van der Waals surface area contributed by atoms with Gasteiger partial charge in [0.15, 0.2) is 0 Å². The Morgan fingerprint density at radius 2 is 2.06 bits per heavy atom. The van der Waals surface area contributed by atoms with Gasteiger partial charge in [0.25, 0.3) is 0 Å². The predicted octanol–water partition coefficient (Wildman–Crippen LogP) is 2.83. The van der Waals surface area contributed by atoms with Gasteiger partial charge in [-0.3, -0.25) is 4.79 Å². The molecular formula is C12H17BrClNOSi. The number of alkyl halides is 2. The lowest BCUT2D eigenvalue weighted by Gasteiger charge is -2.20. The molecule has 1 aromatic carbocycles. The summed E-state index contributed by atoms with van der Waals surface area (Å²) in [6, 6.07) is 5.91. The van der Waals surface area contributed by atoms with E-state index in [1.165, 1.54) is 0 Å². The Kier molecular flexibility index (Phi) is 4.81. The number of nitrogens with two attached hydrogens (primary N) is 1. The van der Waals surface area contributed by atoms with Crippen molar-refractivity contribution in [2.75, 3.05) is 0 Å². The van der Waals surface area contributed by atoms with Crippen molar-refractivity contribution in [2.24, 2.45) is 5.73 Å². The second-order valence-corrected chi connectivity index (χ2v) is 12.3. The van der Waals surface area contributed by atoms with Gasteiger partial charge >= 0.3 is 0 Å². The SMILES string of the molecule is C[Si](C)(C)c1ccc(CC(Cl)Br)cc1C(N)=O. The molecule has 0 aromatic heterocycles. The summed E-state index contributed by atoms with van der Waals surface area (Å²) in [7, 11) is -1.55. The number of carbonyl (C=O) groups is 1. The number of primary amides is 1. The normalized spacial score (nSPS) is 13.5. The zero-order valence-electron chi connectivity index (χ0n) is 10.3. The fourth-order valence-electron chi connectivity index (χ4n) is 1.75. The highest BCUT2D eigenvalue weighted by Crippen LogP contribution is 2.16. The van der Waals surface area contributed by atoms with Crippen molar-refractivity contribution in [1.82, 2.24) is 0 Å². The molecule has 0 aliphatic carbocycles. The molecule has 1 atom stereocenters. The first-order valence-corrected chi connectivity index (χ1v) is 10.3. The molecular weight excluding hydrogens is 318 g/mol. The maximum atomic E-state index is 11.5. The number of rotatable bonds is 4. The quantitative estimate of drug-likeness (QED) is 0.668. The highest BCUT2D eigenvalue weighted by molar-refractivity contribution is 9.10. The molecule has 0 spiro atoms. The third-order valence-corrected chi connectivity index (χ3v) is 5.08. The Labute approximate surface area is 117 Å². The number of halogens is 2.